The van der Waals surface area contributed by atoms with Gasteiger partial charge >= 0.3 is 0 Å². The summed E-state index contributed by atoms with van der Waals surface area (Å²) in [6.45, 7) is 5.28. The van der Waals surface area contributed by atoms with E-state index in [1.54, 1.807) is 6.07 Å². The van der Waals surface area contributed by atoms with Crippen molar-refractivity contribution in [3.05, 3.63) is 66.9 Å². The molecule has 7 nitrogen and oxygen atoms in total. The van der Waals surface area contributed by atoms with Crippen molar-refractivity contribution >= 4 is 15.9 Å². The van der Waals surface area contributed by atoms with Gasteiger partial charge in [0.05, 0.1) is 12.8 Å². The number of hydrogen-bond acceptors (Lipinski definition) is 5. The van der Waals surface area contributed by atoms with E-state index in [1.165, 1.54) is 28.2 Å². The molecule has 2 aromatic rings. The van der Waals surface area contributed by atoms with Gasteiger partial charge in [0.25, 0.3) is 0 Å². The molecular weight excluding hydrogens is 402 g/mol. The number of ether oxygens (including phenoxy) is 1. The molecule has 0 unspecified atom stereocenters. The van der Waals surface area contributed by atoms with Crippen molar-refractivity contribution in [2.75, 3.05) is 26.2 Å². The first-order valence-electron chi connectivity index (χ1n) is 10.0. The largest absolute Gasteiger partial charge is 0.477 e. The Balaban J connectivity index is 1.50. The lowest BCUT2D eigenvalue weighted by molar-refractivity contribution is -0.116. The second kappa shape index (κ2) is 10.4. The van der Waals surface area contributed by atoms with E-state index in [0.717, 1.165) is 6.42 Å². The maximum absolute atomic E-state index is 12.9. The highest BCUT2D eigenvalue weighted by Gasteiger charge is 2.29. The van der Waals surface area contributed by atoms with E-state index >= 15 is 0 Å². The summed E-state index contributed by atoms with van der Waals surface area (Å²) in [5.74, 6) is 0.461. The number of carbonyl (C=O) groups is 1. The molecule has 3 rings (SSSR count). The van der Waals surface area contributed by atoms with Crippen molar-refractivity contribution < 1.29 is 17.9 Å². The lowest BCUT2D eigenvalue weighted by Crippen LogP contribution is -2.41. The first-order chi connectivity index (χ1) is 14.5. The van der Waals surface area contributed by atoms with Crippen LogP contribution in [0, 0.1) is 5.92 Å². The van der Waals surface area contributed by atoms with Crippen LogP contribution in [-0.2, 0) is 21.2 Å². The summed E-state index contributed by atoms with van der Waals surface area (Å²) in [6.07, 6.45) is 4.74. The zero-order valence-electron chi connectivity index (χ0n) is 16.9. The third-order valence-corrected chi connectivity index (χ3v) is 7.04. The quantitative estimate of drug-likeness (QED) is 0.619. The molecule has 1 fully saturated rings. The molecule has 2 heterocycles. The van der Waals surface area contributed by atoms with Gasteiger partial charge in [0.1, 0.15) is 4.90 Å². The Morgan fingerprint density at radius 2 is 1.93 bits per heavy atom. The highest BCUT2D eigenvalue weighted by atomic mass is 32.2. The van der Waals surface area contributed by atoms with E-state index in [1.807, 2.05) is 30.3 Å². The van der Waals surface area contributed by atoms with Crippen LogP contribution >= 0.6 is 0 Å². The zero-order chi connectivity index (χ0) is 21.4. The molecule has 0 spiro atoms. The average molecular weight is 430 g/mol. The van der Waals surface area contributed by atoms with Gasteiger partial charge in [0.15, 0.2) is 0 Å². The summed E-state index contributed by atoms with van der Waals surface area (Å²) in [7, 11) is -3.59. The van der Waals surface area contributed by atoms with Crippen LogP contribution in [0.15, 0.2) is 66.2 Å². The fraction of sp³-hybridized carbons (Fsp3) is 0.364. The number of piperidine rings is 1. The number of nitrogens with one attached hydrogen (secondary N) is 1. The second-order valence-electron chi connectivity index (χ2n) is 7.21. The Bertz CT molecular complexity index is 938. The van der Waals surface area contributed by atoms with Crippen molar-refractivity contribution in [1.82, 2.24) is 14.6 Å². The third-order valence-electron chi connectivity index (χ3n) is 5.15. The van der Waals surface area contributed by atoms with Gasteiger partial charge in [0.2, 0.25) is 21.8 Å². The summed E-state index contributed by atoms with van der Waals surface area (Å²) in [6, 6.07) is 13.1. The molecular formula is C22H27N3O4S. The molecule has 1 aliphatic rings. The van der Waals surface area contributed by atoms with Crippen LogP contribution in [0.2, 0.25) is 0 Å². The van der Waals surface area contributed by atoms with Crippen molar-refractivity contribution in [3.63, 3.8) is 0 Å². The Hall–Kier alpha value is -2.71. The molecule has 1 N–H and O–H groups in total. The van der Waals surface area contributed by atoms with Crippen LogP contribution in [0.1, 0.15) is 18.4 Å². The second-order valence-corrected chi connectivity index (χ2v) is 9.15. The molecule has 0 atom stereocenters. The van der Waals surface area contributed by atoms with E-state index in [2.05, 4.69) is 16.9 Å². The van der Waals surface area contributed by atoms with Gasteiger partial charge in [-0.2, -0.15) is 4.31 Å². The number of hydrogen-bond donors (Lipinski definition) is 1. The first kappa shape index (κ1) is 22.0. The van der Waals surface area contributed by atoms with Crippen molar-refractivity contribution in [3.8, 4) is 5.88 Å². The number of sulfonamides is 1. The van der Waals surface area contributed by atoms with E-state index in [9.17, 15) is 13.2 Å². The molecule has 8 heteroatoms. The minimum atomic E-state index is -3.59. The number of rotatable bonds is 9. The smallest absolute Gasteiger partial charge is 0.244 e. The Kier molecular flexibility index (Phi) is 7.59. The number of amides is 1. The molecule has 1 aliphatic heterocycles. The number of nitrogens with zero attached hydrogens (tertiary/aromatic N) is 2. The predicted octanol–water partition coefficient (Wildman–Crippen LogP) is 2.41. The van der Waals surface area contributed by atoms with Crippen molar-refractivity contribution in [2.24, 2.45) is 5.92 Å². The van der Waals surface area contributed by atoms with Crippen LogP contribution in [0.5, 0.6) is 5.88 Å². The summed E-state index contributed by atoms with van der Waals surface area (Å²) < 4.78 is 32.9. The van der Waals surface area contributed by atoms with Gasteiger partial charge in [0, 0.05) is 32.1 Å². The molecule has 1 aromatic heterocycles. The molecule has 0 saturated carbocycles. The van der Waals surface area contributed by atoms with Crippen LogP contribution in [0.25, 0.3) is 0 Å². The molecule has 1 saturated heterocycles. The predicted molar refractivity (Wildman–Crippen MR) is 115 cm³/mol. The lowest BCUT2D eigenvalue weighted by Gasteiger charge is -2.31. The molecule has 0 radical (unpaired) electrons. The van der Waals surface area contributed by atoms with Crippen LogP contribution in [-0.4, -0.2) is 49.9 Å². The number of pyridine rings is 1. The molecule has 0 aliphatic carbocycles. The lowest BCUT2D eigenvalue weighted by atomic mass is 9.98. The molecule has 1 aromatic carbocycles. The Morgan fingerprint density at radius 1 is 1.20 bits per heavy atom. The van der Waals surface area contributed by atoms with Gasteiger partial charge in [-0.15, -0.1) is 0 Å². The molecule has 1 amide bonds. The number of carbonyl (C=O) groups excluding carboxylic acids is 1. The fourth-order valence-corrected chi connectivity index (χ4v) is 4.76. The minimum absolute atomic E-state index is 0.163. The average Bonchev–Trinajstić information content (AvgIpc) is 2.79. The summed E-state index contributed by atoms with van der Waals surface area (Å²) in [4.78, 5) is 15.6. The van der Waals surface area contributed by atoms with Crippen molar-refractivity contribution in [1.29, 1.82) is 0 Å². The molecule has 30 heavy (non-hydrogen) atoms. The van der Waals surface area contributed by atoms with E-state index in [-0.39, 0.29) is 16.7 Å². The Labute approximate surface area is 177 Å². The van der Waals surface area contributed by atoms with E-state index in [4.69, 9.17) is 4.74 Å². The highest BCUT2D eigenvalue weighted by Crippen LogP contribution is 2.24. The minimum Gasteiger partial charge on any atom is -0.477 e. The maximum Gasteiger partial charge on any atom is 0.244 e. The summed E-state index contributed by atoms with van der Waals surface area (Å²) in [5.41, 5.74) is 1.17. The Morgan fingerprint density at radius 3 is 2.57 bits per heavy atom. The van der Waals surface area contributed by atoms with Crippen LogP contribution < -0.4 is 10.1 Å². The van der Waals surface area contributed by atoms with Gasteiger partial charge < -0.3 is 10.1 Å². The normalized spacial score (nSPS) is 15.5. The van der Waals surface area contributed by atoms with Crippen LogP contribution in [0.4, 0.5) is 0 Å². The fourth-order valence-electron chi connectivity index (χ4n) is 3.34. The standard InChI is InChI=1S/C22H27N3O4S/c1-2-21(26)23-16-19-10-13-25(14-11-19)30(27,28)20-8-9-22(24-17-20)29-15-12-18-6-4-3-5-7-18/h2-9,17,19H,1,10-16H2,(H,23,26). The van der Waals surface area contributed by atoms with Gasteiger partial charge in [-0.25, -0.2) is 13.4 Å². The van der Waals surface area contributed by atoms with Crippen LogP contribution in [0.3, 0.4) is 0 Å². The zero-order valence-corrected chi connectivity index (χ0v) is 17.7. The van der Waals surface area contributed by atoms with E-state index < -0.39 is 10.0 Å². The van der Waals surface area contributed by atoms with Crippen molar-refractivity contribution in [2.45, 2.75) is 24.2 Å². The molecule has 160 valence electrons. The summed E-state index contributed by atoms with van der Waals surface area (Å²) in [5, 5.41) is 2.77. The van der Waals surface area contributed by atoms with Gasteiger partial charge in [-0.05, 0) is 36.5 Å². The van der Waals surface area contributed by atoms with Gasteiger partial charge in [-0.3, -0.25) is 4.79 Å². The third kappa shape index (κ3) is 5.90. The maximum atomic E-state index is 12.9. The SMILES string of the molecule is C=CC(=O)NCC1CCN(S(=O)(=O)c2ccc(OCCc3ccccc3)nc2)CC1. The van der Waals surface area contributed by atoms with E-state index in [0.29, 0.717) is 45.0 Å². The first-order valence-corrected chi connectivity index (χ1v) is 11.5. The van der Waals surface area contributed by atoms with Gasteiger partial charge in [-0.1, -0.05) is 36.9 Å². The highest BCUT2D eigenvalue weighted by molar-refractivity contribution is 7.89. The number of aromatic nitrogens is 1. The summed E-state index contributed by atoms with van der Waals surface area (Å²) >= 11 is 0. The monoisotopic (exact) mass is 429 g/mol. The topological polar surface area (TPSA) is 88.6 Å². The number of benzene rings is 1. The molecule has 0 bridgehead atoms.